The van der Waals surface area contributed by atoms with Gasteiger partial charge >= 0.3 is 6.18 Å². The second-order valence-corrected chi connectivity index (χ2v) is 12.2. The molecule has 2 aromatic carbocycles. The number of nitrogens with zero attached hydrogens (tertiary/aromatic N) is 3. The highest BCUT2D eigenvalue weighted by atomic mass is 35.5. The molecule has 2 aliphatic heterocycles. The van der Waals surface area contributed by atoms with Crippen LogP contribution in [0.3, 0.4) is 0 Å². The highest BCUT2D eigenvalue weighted by Crippen LogP contribution is 2.36. The van der Waals surface area contributed by atoms with Crippen LogP contribution in [0, 0.1) is 5.82 Å². The number of hydrogen-bond acceptors (Lipinski definition) is 4. The van der Waals surface area contributed by atoms with Crippen molar-refractivity contribution in [3.63, 3.8) is 0 Å². The summed E-state index contributed by atoms with van der Waals surface area (Å²) in [6.07, 6.45) is -0.296. The van der Waals surface area contributed by atoms with Crippen molar-refractivity contribution in [1.82, 2.24) is 20.0 Å². The average Bonchev–Trinajstić information content (AvgIpc) is 3.36. The summed E-state index contributed by atoms with van der Waals surface area (Å²) in [5.74, 6) is -1.31. The van der Waals surface area contributed by atoms with Gasteiger partial charge in [0.2, 0.25) is 5.91 Å². The smallest absolute Gasteiger partial charge is 0.340 e. The lowest BCUT2D eigenvalue weighted by Crippen LogP contribution is -2.41. The number of alkyl halides is 3. The Morgan fingerprint density at radius 2 is 1.78 bits per heavy atom. The Labute approximate surface area is 249 Å². The number of nitrogens with one attached hydrogen (secondary N) is 1. The lowest BCUT2D eigenvalue weighted by atomic mass is 9.93. The topological polar surface area (TPSA) is 38.8 Å². The van der Waals surface area contributed by atoms with E-state index in [1.165, 1.54) is 6.07 Å². The van der Waals surface area contributed by atoms with Gasteiger partial charge in [-0.3, -0.25) is 9.69 Å². The quantitative estimate of drug-likeness (QED) is 0.247. The minimum atomic E-state index is -4.75. The first-order chi connectivity index (χ1) is 19.4. The molecule has 2 aliphatic rings. The van der Waals surface area contributed by atoms with Gasteiger partial charge in [-0.2, -0.15) is 13.2 Å². The van der Waals surface area contributed by atoms with E-state index in [9.17, 15) is 22.4 Å². The summed E-state index contributed by atoms with van der Waals surface area (Å²) >= 11 is 12.5. The third-order valence-electron chi connectivity index (χ3n) is 8.32. The minimum Gasteiger partial charge on any atom is -0.340 e. The molecule has 4 rings (SSSR count). The van der Waals surface area contributed by atoms with Crippen molar-refractivity contribution < 1.29 is 22.4 Å². The third kappa shape index (κ3) is 8.57. The Morgan fingerprint density at radius 3 is 2.44 bits per heavy atom. The van der Waals surface area contributed by atoms with Gasteiger partial charge in [0, 0.05) is 44.1 Å². The van der Waals surface area contributed by atoms with Crippen LogP contribution in [0.1, 0.15) is 54.7 Å². The first kappa shape index (κ1) is 32.0. The van der Waals surface area contributed by atoms with Crippen LogP contribution in [0.4, 0.5) is 17.6 Å². The van der Waals surface area contributed by atoms with E-state index in [-0.39, 0.29) is 24.4 Å². The zero-order valence-electron chi connectivity index (χ0n) is 23.5. The molecule has 0 aliphatic carbocycles. The van der Waals surface area contributed by atoms with Crippen LogP contribution < -0.4 is 5.32 Å². The van der Waals surface area contributed by atoms with Gasteiger partial charge in [-0.1, -0.05) is 35.3 Å². The van der Waals surface area contributed by atoms with Gasteiger partial charge in [0.15, 0.2) is 0 Å². The number of amides is 1. The van der Waals surface area contributed by atoms with Gasteiger partial charge < -0.3 is 15.1 Å². The molecular weight excluding hydrogens is 579 g/mol. The summed E-state index contributed by atoms with van der Waals surface area (Å²) in [4.78, 5) is 19.4. The lowest BCUT2D eigenvalue weighted by molar-refractivity contribution is -0.140. The molecule has 2 heterocycles. The predicted octanol–water partition coefficient (Wildman–Crippen LogP) is 6.43. The molecule has 11 heteroatoms. The molecule has 0 bridgehead atoms. The SMILES string of the molecule is CN1CCC(NCCCCC(=O)N2C[C@H](c3ccc(Cl)c(Cl)c3)[C@@H](N(C)Cc3ccc(C(F)(F)F)c(F)c3)C2)CC1. The summed E-state index contributed by atoms with van der Waals surface area (Å²) in [7, 11) is 3.98. The number of carbonyl (C=O) groups is 1. The molecule has 0 saturated carbocycles. The van der Waals surface area contributed by atoms with Crippen LogP contribution in [-0.4, -0.2) is 79.5 Å². The number of rotatable bonds is 10. The fraction of sp³-hybridized carbons (Fsp3) is 0.567. The molecule has 41 heavy (non-hydrogen) atoms. The number of halogens is 6. The maximum Gasteiger partial charge on any atom is 0.419 e. The highest BCUT2D eigenvalue weighted by molar-refractivity contribution is 6.42. The van der Waals surface area contributed by atoms with Crippen molar-refractivity contribution in [2.45, 2.75) is 62.8 Å². The van der Waals surface area contributed by atoms with Gasteiger partial charge in [0.05, 0.1) is 15.6 Å². The molecule has 0 unspecified atom stereocenters. The Balaban J connectivity index is 1.38. The van der Waals surface area contributed by atoms with E-state index in [1.807, 2.05) is 22.9 Å². The van der Waals surface area contributed by atoms with E-state index in [1.54, 1.807) is 12.1 Å². The van der Waals surface area contributed by atoms with Crippen molar-refractivity contribution >= 4 is 29.1 Å². The van der Waals surface area contributed by atoms with Crippen molar-refractivity contribution in [1.29, 1.82) is 0 Å². The number of hydrogen-bond donors (Lipinski definition) is 1. The van der Waals surface area contributed by atoms with Crippen LogP contribution in [0.5, 0.6) is 0 Å². The van der Waals surface area contributed by atoms with E-state index in [2.05, 4.69) is 17.3 Å². The Morgan fingerprint density at radius 1 is 1.05 bits per heavy atom. The standard InChI is InChI=1S/C30H38Cl2F4N4O/c1-38-13-10-22(11-14-38)37-12-4-3-5-29(41)40-18-23(21-7-9-25(31)26(32)16-21)28(19-40)39(2)17-20-6-8-24(27(33)15-20)30(34,35)36/h6-9,15-16,22-23,28,37H,3-5,10-14,17-19H2,1-2H3/t23-,28+/m1/s1. The monoisotopic (exact) mass is 616 g/mol. The van der Waals surface area contributed by atoms with Crippen LogP contribution >= 0.6 is 23.2 Å². The van der Waals surface area contributed by atoms with Crippen molar-refractivity contribution in [2.24, 2.45) is 0 Å². The third-order valence-corrected chi connectivity index (χ3v) is 9.06. The van der Waals surface area contributed by atoms with Crippen LogP contribution in [0.15, 0.2) is 36.4 Å². The second-order valence-electron chi connectivity index (χ2n) is 11.4. The lowest BCUT2D eigenvalue weighted by Gasteiger charge is -2.29. The summed E-state index contributed by atoms with van der Waals surface area (Å²) < 4.78 is 53.3. The van der Waals surface area contributed by atoms with Gasteiger partial charge in [-0.05, 0) is 94.8 Å². The number of benzene rings is 2. The average molecular weight is 618 g/mol. The summed E-state index contributed by atoms with van der Waals surface area (Å²) in [6.45, 7) is 4.27. The van der Waals surface area contributed by atoms with E-state index in [0.717, 1.165) is 63.0 Å². The van der Waals surface area contributed by atoms with Gasteiger partial charge in [0.1, 0.15) is 5.82 Å². The van der Waals surface area contributed by atoms with Crippen LogP contribution in [0.2, 0.25) is 10.0 Å². The Bertz CT molecular complexity index is 1190. The summed E-state index contributed by atoms with van der Waals surface area (Å²) in [5.41, 5.74) is 0.0667. The van der Waals surface area contributed by atoms with Crippen LogP contribution in [-0.2, 0) is 17.5 Å². The second kappa shape index (κ2) is 14.0. The van der Waals surface area contributed by atoms with E-state index < -0.39 is 17.6 Å². The molecule has 0 aromatic heterocycles. The Kier molecular flexibility index (Phi) is 11.0. The number of likely N-dealkylation sites (tertiary alicyclic amines) is 2. The molecule has 0 radical (unpaired) electrons. The van der Waals surface area contributed by atoms with Crippen molar-refractivity contribution in [3.05, 3.63) is 69.0 Å². The highest BCUT2D eigenvalue weighted by Gasteiger charge is 2.39. The maximum atomic E-state index is 14.2. The molecule has 1 N–H and O–H groups in total. The number of likely N-dealkylation sites (N-methyl/N-ethyl adjacent to an activating group) is 1. The Hall–Kier alpha value is -1.91. The molecular formula is C30H38Cl2F4N4O. The molecule has 226 valence electrons. The largest absolute Gasteiger partial charge is 0.419 e. The van der Waals surface area contributed by atoms with Crippen molar-refractivity contribution in [2.75, 3.05) is 46.8 Å². The van der Waals surface area contributed by atoms with E-state index in [4.69, 9.17) is 23.2 Å². The summed E-state index contributed by atoms with van der Waals surface area (Å²) in [5, 5.41) is 4.46. The fourth-order valence-electron chi connectivity index (χ4n) is 5.88. The number of piperidine rings is 1. The fourth-order valence-corrected chi connectivity index (χ4v) is 6.18. The van der Waals surface area contributed by atoms with Crippen molar-refractivity contribution in [3.8, 4) is 0 Å². The molecule has 2 saturated heterocycles. The van der Waals surface area contributed by atoms with Gasteiger partial charge in [-0.15, -0.1) is 0 Å². The first-order valence-corrected chi connectivity index (χ1v) is 14.9. The number of carbonyl (C=O) groups excluding carboxylic acids is 1. The molecule has 2 aromatic rings. The minimum absolute atomic E-state index is 0.0748. The zero-order valence-corrected chi connectivity index (χ0v) is 25.0. The first-order valence-electron chi connectivity index (χ1n) is 14.1. The van der Waals surface area contributed by atoms with Crippen LogP contribution in [0.25, 0.3) is 0 Å². The molecule has 2 atom stereocenters. The normalized spacial score (nSPS) is 20.8. The van der Waals surface area contributed by atoms with E-state index >= 15 is 0 Å². The van der Waals surface area contributed by atoms with E-state index in [0.29, 0.717) is 41.2 Å². The molecule has 2 fully saturated rings. The zero-order chi connectivity index (χ0) is 29.7. The maximum absolute atomic E-state index is 14.2. The molecule has 5 nitrogen and oxygen atoms in total. The molecule has 1 amide bonds. The summed E-state index contributed by atoms with van der Waals surface area (Å²) in [6, 6.07) is 8.83. The number of unbranched alkanes of at least 4 members (excludes halogenated alkanes) is 1. The van der Waals surface area contributed by atoms with Gasteiger partial charge in [0.25, 0.3) is 0 Å². The predicted molar refractivity (Wildman–Crippen MR) is 155 cm³/mol. The van der Waals surface area contributed by atoms with Gasteiger partial charge in [-0.25, -0.2) is 4.39 Å². The molecule has 0 spiro atoms.